The van der Waals surface area contributed by atoms with Gasteiger partial charge in [-0.15, -0.1) is 0 Å². The summed E-state index contributed by atoms with van der Waals surface area (Å²) in [6.45, 7) is 2.83. The number of carbonyl (C=O) groups excluding carboxylic acids is 2. The lowest BCUT2D eigenvalue weighted by Crippen LogP contribution is -2.22. The average Bonchev–Trinajstić information content (AvgIpc) is 2.89. The standard InChI is InChI=1S/C20H17I2NO4S/c1-3-26-16-9-13(10-17-19(24)23(2)20(25)28-17)8-15(22)18(16)27-11-12-4-6-14(21)7-5-12/h4-10H,3,11H2,1-2H3/b17-10-. The molecule has 0 spiro atoms. The summed E-state index contributed by atoms with van der Waals surface area (Å²) in [5, 5.41) is -0.270. The number of benzene rings is 2. The third-order valence-corrected chi connectivity index (χ3v) is 6.39. The molecule has 3 rings (SSSR count). The maximum atomic E-state index is 12.1. The van der Waals surface area contributed by atoms with Gasteiger partial charge in [-0.1, -0.05) is 12.1 Å². The fraction of sp³-hybridized carbons (Fsp3) is 0.200. The van der Waals surface area contributed by atoms with Crippen LogP contribution in [0, 0.1) is 7.14 Å². The van der Waals surface area contributed by atoms with Gasteiger partial charge in [0.25, 0.3) is 11.1 Å². The molecule has 0 unspecified atom stereocenters. The van der Waals surface area contributed by atoms with Gasteiger partial charge in [0.1, 0.15) is 6.61 Å². The number of carbonyl (C=O) groups is 2. The second kappa shape index (κ2) is 9.49. The Kier molecular flexibility index (Phi) is 7.26. The van der Waals surface area contributed by atoms with Crippen LogP contribution in [0.25, 0.3) is 6.08 Å². The van der Waals surface area contributed by atoms with Crippen molar-refractivity contribution in [3.8, 4) is 11.5 Å². The lowest BCUT2D eigenvalue weighted by atomic mass is 10.1. The number of amides is 2. The molecule has 1 fully saturated rings. The van der Waals surface area contributed by atoms with Crippen molar-refractivity contribution < 1.29 is 19.1 Å². The zero-order chi connectivity index (χ0) is 20.3. The molecule has 0 bridgehead atoms. The molecule has 0 N–H and O–H groups in total. The van der Waals surface area contributed by atoms with Crippen molar-refractivity contribution in [2.45, 2.75) is 13.5 Å². The highest BCUT2D eigenvalue weighted by molar-refractivity contribution is 14.1. The second-order valence-electron chi connectivity index (χ2n) is 5.92. The SMILES string of the molecule is CCOc1cc(/C=C2\SC(=O)N(C)C2=O)cc(I)c1OCc1ccc(I)cc1. The fourth-order valence-corrected chi connectivity index (χ4v) is 4.48. The predicted octanol–water partition coefficient (Wildman–Crippen LogP) is 5.54. The molecule has 2 aromatic rings. The number of imide groups is 1. The molecule has 2 aromatic carbocycles. The minimum atomic E-state index is -0.290. The molecule has 146 valence electrons. The van der Waals surface area contributed by atoms with E-state index in [9.17, 15) is 9.59 Å². The summed E-state index contributed by atoms with van der Waals surface area (Å²) < 4.78 is 13.9. The first kappa shape index (κ1) is 21.4. The van der Waals surface area contributed by atoms with Crippen LogP contribution in [-0.4, -0.2) is 29.7 Å². The van der Waals surface area contributed by atoms with E-state index in [0.717, 1.165) is 31.4 Å². The Balaban J connectivity index is 1.86. The van der Waals surface area contributed by atoms with Crippen LogP contribution in [0.2, 0.25) is 0 Å². The van der Waals surface area contributed by atoms with Gasteiger partial charge < -0.3 is 9.47 Å². The van der Waals surface area contributed by atoms with Crippen molar-refractivity contribution in [1.29, 1.82) is 0 Å². The Morgan fingerprint density at radius 3 is 2.43 bits per heavy atom. The average molecular weight is 621 g/mol. The van der Waals surface area contributed by atoms with Crippen LogP contribution in [0.4, 0.5) is 4.79 Å². The van der Waals surface area contributed by atoms with Gasteiger partial charge in [-0.25, -0.2) is 0 Å². The molecule has 0 aliphatic carbocycles. The Labute approximate surface area is 195 Å². The summed E-state index contributed by atoms with van der Waals surface area (Å²) in [6.07, 6.45) is 1.71. The molecule has 2 amide bonds. The van der Waals surface area contributed by atoms with E-state index in [1.165, 1.54) is 10.6 Å². The highest BCUT2D eigenvalue weighted by Gasteiger charge is 2.31. The fourth-order valence-electron chi connectivity index (χ4n) is 2.51. The normalized spacial score (nSPS) is 15.4. The van der Waals surface area contributed by atoms with Gasteiger partial charge in [0.05, 0.1) is 15.1 Å². The molecule has 1 aliphatic heterocycles. The number of ether oxygens (including phenoxy) is 2. The van der Waals surface area contributed by atoms with Crippen molar-refractivity contribution in [3.63, 3.8) is 0 Å². The van der Waals surface area contributed by atoms with E-state index in [0.29, 0.717) is 29.6 Å². The molecule has 8 heteroatoms. The van der Waals surface area contributed by atoms with E-state index in [2.05, 4.69) is 45.2 Å². The van der Waals surface area contributed by atoms with Crippen molar-refractivity contribution in [3.05, 3.63) is 59.6 Å². The van der Waals surface area contributed by atoms with Crippen LogP contribution >= 0.6 is 56.9 Å². The number of thioether (sulfide) groups is 1. The van der Waals surface area contributed by atoms with Crippen molar-refractivity contribution >= 4 is 74.2 Å². The van der Waals surface area contributed by atoms with Gasteiger partial charge in [0.2, 0.25) is 0 Å². The van der Waals surface area contributed by atoms with Gasteiger partial charge in [-0.2, -0.15) is 0 Å². The minimum absolute atomic E-state index is 0.270. The Morgan fingerprint density at radius 2 is 1.82 bits per heavy atom. The summed E-state index contributed by atoms with van der Waals surface area (Å²) >= 11 is 5.40. The molecular weight excluding hydrogens is 604 g/mol. The summed E-state index contributed by atoms with van der Waals surface area (Å²) in [6, 6.07) is 11.9. The number of likely N-dealkylation sites (N-methyl/N-ethyl adjacent to an activating group) is 1. The smallest absolute Gasteiger partial charge is 0.293 e. The van der Waals surface area contributed by atoms with E-state index in [-0.39, 0.29) is 11.1 Å². The monoisotopic (exact) mass is 621 g/mol. The summed E-state index contributed by atoms with van der Waals surface area (Å²) in [5.74, 6) is 0.991. The Morgan fingerprint density at radius 1 is 1.11 bits per heavy atom. The first-order valence-corrected chi connectivity index (χ1v) is 11.4. The number of hydrogen-bond acceptors (Lipinski definition) is 5. The highest BCUT2D eigenvalue weighted by atomic mass is 127. The summed E-state index contributed by atoms with van der Waals surface area (Å²) in [4.78, 5) is 25.3. The van der Waals surface area contributed by atoms with Crippen LogP contribution in [0.1, 0.15) is 18.1 Å². The summed E-state index contributed by atoms with van der Waals surface area (Å²) in [5.41, 5.74) is 1.85. The van der Waals surface area contributed by atoms with E-state index < -0.39 is 0 Å². The first-order chi connectivity index (χ1) is 13.4. The second-order valence-corrected chi connectivity index (χ2v) is 9.32. The van der Waals surface area contributed by atoms with Crippen molar-refractivity contribution in [2.24, 2.45) is 0 Å². The molecule has 1 aliphatic rings. The Hall–Kier alpha value is -1.27. The van der Waals surface area contributed by atoms with Crippen LogP contribution in [0.3, 0.4) is 0 Å². The van der Waals surface area contributed by atoms with E-state index in [1.807, 2.05) is 43.3 Å². The molecule has 5 nitrogen and oxygen atoms in total. The number of rotatable bonds is 6. The molecule has 0 aromatic heterocycles. The third-order valence-electron chi connectivity index (χ3n) is 3.91. The third kappa shape index (κ3) is 5.01. The lowest BCUT2D eigenvalue weighted by molar-refractivity contribution is -0.121. The van der Waals surface area contributed by atoms with Crippen molar-refractivity contribution in [2.75, 3.05) is 13.7 Å². The topological polar surface area (TPSA) is 55.8 Å². The number of halogens is 2. The lowest BCUT2D eigenvalue weighted by Gasteiger charge is -2.15. The maximum Gasteiger partial charge on any atom is 0.293 e. The van der Waals surface area contributed by atoms with Crippen molar-refractivity contribution in [1.82, 2.24) is 4.90 Å². The van der Waals surface area contributed by atoms with Crippen LogP contribution < -0.4 is 9.47 Å². The number of hydrogen-bond donors (Lipinski definition) is 0. The molecule has 0 saturated carbocycles. The van der Waals surface area contributed by atoms with Crippen LogP contribution in [-0.2, 0) is 11.4 Å². The van der Waals surface area contributed by atoms with Crippen LogP contribution in [0.15, 0.2) is 41.3 Å². The summed E-state index contributed by atoms with van der Waals surface area (Å²) in [7, 11) is 1.48. The molecule has 1 saturated heterocycles. The predicted molar refractivity (Wildman–Crippen MR) is 128 cm³/mol. The van der Waals surface area contributed by atoms with Crippen LogP contribution in [0.5, 0.6) is 11.5 Å². The van der Waals surface area contributed by atoms with Gasteiger partial charge in [-0.05, 0) is 105 Å². The largest absolute Gasteiger partial charge is 0.490 e. The minimum Gasteiger partial charge on any atom is -0.490 e. The van der Waals surface area contributed by atoms with E-state index >= 15 is 0 Å². The Bertz CT molecular complexity index is 944. The van der Waals surface area contributed by atoms with E-state index in [1.54, 1.807) is 6.08 Å². The molecule has 1 heterocycles. The van der Waals surface area contributed by atoms with Gasteiger partial charge >= 0.3 is 0 Å². The van der Waals surface area contributed by atoms with Gasteiger partial charge in [0.15, 0.2) is 11.5 Å². The number of nitrogens with zero attached hydrogens (tertiary/aromatic N) is 1. The van der Waals surface area contributed by atoms with E-state index in [4.69, 9.17) is 9.47 Å². The molecule has 28 heavy (non-hydrogen) atoms. The van der Waals surface area contributed by atoms with Gasteiger partial charge in [-0.3, -0.25) is 14.5 Å². The first-order valence-electron chi connectivity index (χ1n) is 8.44. The zero-order valence-corrected chi connectivity index (χ0v) is 20.3. The molecule has 0 radical (unpaired) electrons. The molecule has 0 atom stereocenters. The highest BCUT2D eigenvalue weighted by Crippen LogP contribution is 2.37. The van der Waals surface area contributed by atoms with Gasteiger partial charge in [0, 0.05) is 10.6 Å². The maximum absolute atomic E-state index is 12.1. The zero-order valence-electron chi connectivity index (χ0n) is 15.2. The quantitative estimate of drug-likeness (QED) is 0.314. The molecular formula is C20H17I2NO4S.